The molecule has 1 amide bonds. The Kier molecular flexibility index (Phi) is 6.18. The van der Waals surface area contributed by atoms with Crippen LogP contribution < -0.4 is 5.32 Å². The average Bonchev–Trinajstić information content (AvgIpc) is 2.88. The minimum atomic E-state index is -3.14. The lowest BCUT2D eigenvalue weighted by molar-refractivity contribution is -0.118. The van der Waals surface area contributed by atoms with Gasteiger partial charge in [0.2, 0.25) is 15.9 Å². The number of thioether (sulfide) groups is 1. The number of aromatic nitrogens is 2. The average molecular weight is 365 g/mol. The summed E-state index contributed by atoms with van der Waals surface area (Å²) >= 11 is 2.83. The first-order valence-electron chi connectivity index (χ1n) is 6.99. The van der Waals surface area contributed by atoms with E-state index in [0.29, 0.717) is 25.4 Å². The molecule has 1 N–H and O–H groups in total. The first-order valence-corrected chi connectivity index (χ1v) is 10.6. The van der Waals surface area contributed by atoms with Gasteiger partial charge in [-0.15, -0.1) is 10.2 Å². The van der Waals surface area contributed by atoms with Crippen LogP contribution in [0.1, 0.15) is 17.8 Å². The molecule has 22 heavy (non-hydrogen) atoms. The fourth-order valence-electron chi connectivity index (χ4n) is 2.27. The van der Waals surface area contributed by atoms with Crippen molar-refractivity contribution in [3.05, 3.63) is 5.01 Å². The molecule has 10 heteroatoms. The van der Waals surface area contributed by atoms with Crippen LogP contribution in [0.4, 0.5) is 0 Å². The SMILES string of the molecule is Cc1nnc(SCC(=O)NCC2CCCN(S(C)(=O)=O)C2)s1. The standard InChI is InChI=1S/C12H20N4O3S3/c1-9-14-15-12(21-9)20-8-11(17)13-6-10-4-3-5-16(7-10)22(2,18)19/h10H,3-8H2,1-2H3,(H,13,17). The van der Waals surface area contributed by atoms with E-state index in [1.54, 1.807) is 0 Å². The summed E-state index contributed by atoms with van der Waals surface area (Å²) in [6.07, 6.45) is 3.01. The summed E-state index contributed by atoms with van der Waals surface area (Å²) in [6.45, 7) is 3.45. The molecule has 0 radical (unpaired) electrons. The first kappa shape index (κ1) is 17.6. The maximum absolute atomic E-state index is 11.8. The summed E-state index contributed by atoms with van der Waals surface area (Å²) in [4.78, 5) is 11.8. The normalized spacial score (nSPS) is 20.0. The minimum Gasteiger partial charge on any atom is -0.355 e. The molecule has 1 aromatic rings. The number of hydrogen-bond donors (Lipinski definition) is 1. The van der Waals surface area contributed by atoms with Crippen LogP contribution >= 0.6 is 23.1 Å². The molecule has 1 saturated heterocycles. The summed E-state index contributed by atoms with van der Waals surface area (Å²) in [5.74, 6) is 0.424. The second-order valence-corrected chi connectivity index (χ2v) is 9.70. The van der Waals surface area contributed by atoms with E-state index >= 15 is 0 Å². The van der Waals surface area contributed by atoms with Crippen LogP contribution in [0.25, 0.3) is 0 Å². The summed E-state index contributed by atoms with van der Waals surface area (Å²) in [7, 11) is -3.14. The number of hydrogen-bond acceptors (Lipinski definition) is 7. The number of piperidine rings is 1. The lowest BCUT2D eigenvalue weighted by Gasteiger charge is -2.30. The number of aryl methyl sites for hydroxylation is 1. The van der Waals surface area contributed by atoms with Crippen molar-refractivity contribution in [1.82, 2.24) is 19.8 Å². The Labute approximate surface area is 138 Å². The van der Waals surface area contributed by atoms with Gasteiger partial charge in [0.05, 0.1) is 12.0 Å². The molecule has 0 aliphatic carbocycles. The molecule has 2 heterocycles. The van der Waals surface area contributed by atoms with Crippen molar-refractivity contribution in [2.45, 2.75) is 24.1 Å². The highest BCUT2D eigenvalue weighted by Gasteiger charge is 2.25. The second-order valence-electron chi connectivity index (χ2n) is 5.31. The number of amides is 1. The Morgan fingerprint density at radius 1 is 1.50 bits per heavy atom. The third-order valence-corrected chi connectivity index (χ3v) is 6.61. The van der Waals surface area contributed by atoms with E-state index < -0.39 is 10.0 Å². The molecule has 0 saturated carbocycles. The summed E-state index contributed by atoms with van der Waals surface area (Å²) in [5.41, 5.74) is 0. The molecule has 1 aliphatic heterocycles. The lowest BCUT2D eigenvalue weighted by Crippen LogP contribution is -2.43. The maximum atomic E-state index is 11.8. The van der Waals surface area contributed by atoms with E-state index in [-0.39, 0.29) is 11.8 Å². The van der Waals surface area contributed by atoms with Gasteiger partial charge in [-0.05, 0) is 25.7 Å². The zero-order chi connectivity index (χ0) is 16.2. The van der Waals surface area contributed by atoms with Crippen molar-refractivity contribution >= 4 is 39.0 Å². The third kappa shape index (κ3) is 5.49. The Morgan fingerprint density at radius 3 is 2.91 bits per heavy atom. The van der Waals surface area contributed by atoms with Crippen LogP contribution in [0.2, 0.25) is 0 Å². The van der Waals surface area contributed by atoms with E-state index in [1.165, 1.54) is 33.7 Å². The van der Waals surface area contributed by atoms with Gasteiger partial charge in [0.25, 0.3) is 0 Å². The first-order chi connectivity index (χ1) is 10.3. The molecule has 0 spiro atoms. The van der Waals surface area contributed by atoms with Crippen molar-refractivity contribution in [2.24, 2.45) is 5.92 Å². The minimum absolute atomic E-state index is 0.0608. The van der Waals surface area contributed by atoms with Crippen LogP contribution in [-0.4, -0.2) is 60.5 Å². The van der Waals surface area contributed by atoms with Crippen LogP contribution in [0.5, 0.6) is 0 Å². The van der Waals surface area contributed by atoms with E-state index in [2.05, 4.69) is 15.5 Å². The molecule has 1 aliphatic rings. The van der Waals surface area contributed by atoms with Gasteiger partial charge in [0, 0.05) is 19.6 Å². The Hall–Kier alpha value is -0.710. The van der Waals surface area contributed by atoms with Gasteiger partial charge in [-0.25, -0.2) is 12.7 Å². The smallest absolute Gasteiger partial charge is 0.230 e. The zero-order valence-corrected chi connectivity index (χ0v) is 15.1. The number of nitrogens with zero attached hydrogens (tertiary/aromatic N) is 3. The lowest BCUT2D eigenvalue weighted by atomic mass is 10.00. The summed E-state index contributed by atoms with van der Waals surface area (Å²) in [5, 5.41) is 11.6. The van der Waals surface area contributed by atoms with E-state index in [4.69, 9.17) is 0 Å². The molecule has 1 aromatic heterocycles. The molecule has 1 atom stereocenters. The van der Waals surface area contributed by atoms with Crippen LogP contribution in [-0.2, 0) is 14.8 Å². The van der Waals surface area contributed by atoms with Crippen molar-refractivity contribution in [3.63, 3.8) is 0 Å². The fourth-order valence-corrected chi connectivity index (χ4v) is 4.86. The van der Waals surface area contributed by atoms with Gasteiger partial charge < -0.3 is 5.32 Å². The van der Waals surface area contributed by atoms with Gasteiger partial charge in [0.1, 0.15) is 5.01 Å². The molecule has 2 rings (SSSR count). The zero-order valence-electron chi connectivity index (χ0n) is 12.6. The summed E-state index contributed by atoms with van der Waals surface area (Å²) < 4.78 is 25.4. The van der Waals surface area contributed by atoms with Crippen LogP contribution in [0, 0.1) is 12.8 Å². The topological polar surface area (TPSA) is 92.3 Å². The van der Waals surface area contributed by atoms with Gasteiger partial charge >= 0.3 is 0 Å². The number of rotatable bonds is 6. The van der Waals surface area contributed by atoms with Crippen molar-refractivity contribution in [1.29, 1.82) is 0 Å². The van der Waals surface area contributed by atoms with E-state index in [1.807, 2.05) is 6.92 Å². The predicted octanol–water partition coefficient (Wildman–Crippen LogP) is 0.726. The fraction of sp³-hybridized carbons (Fsp3) is 0.750. The summed E-state index contributed by atoms with van der Waals surface area (Å²) in [6, 6.07) is 0. The van der Waals surface area contributed by atoms with Gasteiger partial charge in [-0.3, -0.25) is 4.79 Å². The Balaban J connectivity index is 1.71. The monoisotopic (exact) mass is 364 g/mol. The molecule has 0 bridgehead atoms. The number of carbonyl (C=O) groups excluding carboxylic acids is 1. The van der Waals surface area contributed by atoms with E-state index in [9.17, 15) is 13.2 Å². The molecule has 124 valence electrons. The molecule has 0 aromatic carbocycles. The van der Waals surface area contributed by atoms with Crippen molar-refractivity contribution in [3.8, 4) is 0 Å². The largest absolute Gasteiger partial charge is 0.355 e. The second kappa shape index (κ2) is 7.71. The molecule has 7 nitrogen and oxygen atoms in total. The maximum Gasteiger partial charge on any atom is 0.230 e. The number of sulfonamides is 1. The quantitative estimate of drug-likeness (QED) is 0.748. The Bertz CT molecular complexity index is 617. The molecular formula is C12H20N4O3S3. The van der Waals surface area contributed by atoms with Crippen molar-refractivity contribution in [2.75, 3.05) is 31.6 Å². The predicted molar refractivity (Wildman–Crippen MR) is 87.5 cm³/mol. The van der Waals surface area contributed by atoms with Gasteiger partial charge in [-0.1, -0.05) is 23.1 Å². The highest BCUT2D eigenvalue weighted by molar-refractivity contribution is 8.01. The number of carbonyl (C=O) groups is 1. The molecular weight excluding hydrogens is 344 g/mol. The third-order valence-electron chi connectivity index (χ3n) is 3.37. The Morgan fingerprint density at radius 2 is 2.27 bits per heavy atom. The van der Waals surface area contributed by atoms with Crippen molar-refractivity contribution < 1.29 is 13.2 Å². The van der Waals surface area contributed by atoms with Gasteiger partial charge in [-0.2, -0.15) is 0 Å². The van der Waals surface area contributed by atoms with Crippen LogP contribution in [0.15, 0.2) is 4.34 Å². The van der Waals surface area contributed by atoms with Crippen LogP contribution in [0.3, 0.4) is 0 Å². The molecule has 1 fully saturated rings. The van der Waals surface area contributed by atoms with Gasteiger partial charge in [0.15, 0.2) is 4.34 Å². The molecule has 1 unspecified atom stereocenters. The highest BCUT2D eigenvalue weighted by atomic mass is 32.2. The number of nitrogens with one attached hydrogen (secondary N) is 1. The highest BCUT2D eigenvalue weighted by Crippen LogP contribution is 2.21. The van der Waals surface area contributed by atoms with E-state index in [0.717, 1.165) is 22.2 Å².